The molecule has 1 aromatic carbocycles. The monoisotopic (exact) mass is 247 g/mol. The van der Waals surface area contributed by atoms with Crippen LogP contribution in [0.25, 0.3) is 0 Å². The van der Waals surface area contributed by atoms with E-state index in [4.69, 9.17) is 0 Å². The number of nitrogens with one attached hydrogen (secondary N) is 1. The Labute approximate surface area is 110 Å². The van der Waals surface area contributed by atoms with Gasteiger partial charge in [0, 0.05) is 6.04 Å². The Bertz CT molecular complexity index is 425. The number of aryl methyl sites for hydroxylation is 1. The van der Waals surface area contributed by atoms with Gasteiger partial charge in [0.1, 0.15) is 5.75 Å². The average Bonchev–Trinajstić information content (AvgIpc) is 2.72. The number of hydrogen-bond acceptors (Lipinski definition) is 2. The first-order valence-corrected chi connectivity index (χ1v) is 6.94. The van der Waals surface area contributed by atoms with Crippen LogP contribution in [0.5, 0.6) is 5.75 Å². The van der Waals surface area contributed by atoms with E-state index in [0.717, 1.165) is 18.5 Å². The summed E-state index contributed by atoms with van der Waals surface area (Å²) in [6.45, 7) is 9.68. The van der Waals surface area contributed by atoms with Crippen molar-refractivity contribution >= 4 is 0 Å². The summed E-state index contributed by atoms with van der Waals surface area (Å²) in [5.41, 5.74) is 3.63. The molecular weight excluding hydrogens is 222 g/mol. The molecule has 1 atom stereocenters. The van der Waals surface area contributed by atoms with E-state index in [-0.39, 0.29) is 5.41 Å². The largest absolute Gasteiger partial charge is 0.508 e. The molecule has 2 heteroatoms. The molecule has 1 aromatic rings. The summed E-state index contributed by atoms with van der Waals surface area (Å²) < 4.78 is 0. The van der Waals surface area contributed by atoms with Crippen molar-refractivity contribution in [2.24, 2.45) is 0 Å². The van der Waals surface area contributed by atoms with E-state index in [0.29, 0.717) is 11.8 Å². The molecule has 2 nitrogen and oxygen atoms in total. The Morgan fingerprint density at radius 3 is 2.61 bits per heavy atom. The van der Waals surface area contributed by atoms with Crippen LogP contribution in [0.4, 0.5) is 0 Å². The predicted octanol–water partition coefficient (Wildman–Crippen LogP) is 3.29. The molecule has 0 aromatic heterocycles. The first-order chi connectivity index (χ1) is 8.38. The van der Waals surface area contributed by atoms with Gasteiger partial charge in [-0.05, 0) is 60.9 Å². The third-order valence-corrected chi connectivity index (χ3v) is 3.89. The van der Waals surface area contributed by atoms with Gasteiger partial charge in [-0.2, -0.15) is 0 Å². The second kappa shape index (κ2) is 4.93. The fourth-order valence-corrected chi connectivity index (χ4v) is 2.75. The van der Waals surface area contributed by atoms with Crippen LogP contribution in [0.3, 0.4) is 0 Å². The van der Waals surface area contributed by atoms with E-state index in [1.54, 1.807) is 0 Å². The van der Waals surface area contributed by atoms with Crippen LogP contribution in [0.15, 0.2) is 12.1 Å². The van der Waals surface area contributed by atoms with Crippen LogP contribution >= 0.6 is 0 Å². The summed E-state index contributed by atoms with van der Waals surface area (Å²) in [7, 11) is 0. The van der Waals surface area contributed by atoms with Crippen molar-refractivity contribution < 1.29 is 5.11 Å². The third-order valence-electron chi connectivity index (χ3n) is 3.89. The van der Waals surface area contributed by atoms with E-state index >= 15 is 0 Å². The van der Waals surface area contributed by atoms with Gasteiger partial charge in [0.25, 0.3) is 0 Å². The van der Waals surface area contributed by atoms with Crippen molar-refractivity contribution in [2.45, 2.75) is 58.4 Å². The maximum Gasteiger partial charge on any atom is 0.119 e. The number of hydrogen-bond donors (Lipinski definition) is 2. The van der Waals surface area contributed by atoms with Crippen molar-refractivity contribution in [1.29, 1.82) is 0 Å². The standard InChI is InChI=1S/C16H25NO/c1-11-8-15(18)14(16(2,3)4)10-12(11)9-13-6-5-7-17-13/h8,10,13,17-18H,5-7,9H2,1-4H3. The molecule has 2 rings (SSSR count). The highest BCUT2D eigenvalue weighted by molar-refractivity contribution is 5.45. The number of benzene rings is 1. The quantitative estimate of drug-likeness (QED) is 0.840. The first-order valence-electron chi connectivity index (χ1n) is 6.94. The van der Waals surface area contributed by atoms with E-state index in [1.165, 1.54) is 24.0 Å². The van der Waals surface area contributed by atoms with Gasteiger partial charge < -0.3 is 10.4 Å². The SMILES string of the molecule is Cc1cc(O)c(C(C)(C)C)cc1CC1CCCN1. The van der Waals surface area contributed by atoms with Gasteiger partial charge in [-0.15, -0.1) is 0 Å². The van der Waals surface area contributed by atoms with Gasteiger partial charge >= 0.3 is 0 Å². The molecule has 1 unspecified atom stereocenters. The predicted molar refractivity (Wildman–Crippen MR) is 76.3 cm³/mol. The van der Waals surface area contributed by atoms with Crippen molar-refractivity contribution in [3.8, 4) is 5.75 Å². The molecule has 0 saturated carbocycles. The average molecular weight is 247 g/mol. The second-order valence-corrected chi connectivity index (χ2v) is 6.54. The Hall–Kier alpha value is -1.02. The van der Waals surface area contributed by atoms with E-state index < -0.39 is 0 Å². The van der Waals surface area contributed by atoms with Crippen LogP contribution in [-0.4, -0.2) is 17.7 Å². The first kappa shape index (κ1) is 13.4. The van der Waals surface area contributed by atoms with E-state index in [2.05, 4.69) is 39.1 Å². The number of rotatable bonds is 2. The molecule has 1 aliphatic heterocycles. The summed E-state index contributed by atoms with van der Waals surface area (Å²) in [5, 5.41) is 13.6. The van der Waals surface area contributed by atoms with Gasteiger partial charge in [-0.1, -0.05) is 26.8 Å². The van der Waals surface area contributed by atoms with Crippen molar-refractivity contribution in [1.82, 2.24) is 5.32 Å². The van der Waals surface area contributed by atoms with Crippen LogP contribution in [0.1, 0.15) is 50.3 Å². The summed E-state index contributed by atoms with van der Waals surface area (Å²) in [6.07, 6.45) is 3.63. The van der Waals surface area contributed by atoms with Gasteiger partial charge in [-0.3, -0.25) is 0 Å². The smallest absolute Gasteiger partial charge is 0.119 e. The minimum Gasteiger partial charge on any atom is -0.508 e. The number of phenolic OH excluding ortho intramolecular Hbond substituents is 1. The molecule has 18 heavy (non-hydrogen) atoms. The highest BCUT2D eigenvalue weighted by atomic mass is 16.3. The Morgan fingerprint density at radius 2 is 2.06 bits per heavy atom. The second-order valence-electron chi connectivity index (χ2n) is 6.54. The summed E-state index contributed by atoms with van der Waals surface area (Å²) in [6, 6.07) is 4.73. The van der Waals surface area contributed by atoms with Crippen molar-refractivity contribution in [2.75, 3.05) is 6.54 Å². The summed E-state index contributed by atoms with van der Waals surface area (Å²) in [4.78, 5) is 0. The number of phenols is 1. The molecule has 0 aliphatic carbocycles. The normalized spacial score (nSPS) is 20.3. The molecule has 0 radical (unpaired) electrons. The lowest BCUT2D eigenvalue weighted by atomic mass is 9.83. The molecule has 1 fully saturated rings. The van der Waals surface area contributed by atoms with Crippen LogP contribution in [-0.2, 0) is 11.8 Å². The Kier molecular flexibility index (Phi) is 3.67. The molecule has 1 aliphatic rings. The zero-order valence-corrected chi connectivity index (χ0v) is 12.0. The zero-order valence-electron chi connectivity index (χ0n) is 12.0. The molecule has 1 heterocycles. The molecule has 0 spiro atoms. The number of aromatic hydroxyl groups is 1. The lowest BCUT2D eigenvalue weighted by molar-refractivity contribution is 0.445. The molecule has 2 N–H and O–H groups in total. The van der Waals surface area contributed by atoms with Crippen LogP contribution in [0, 0.1) is 6.92 Å². The fraction of sp³-hybridized carbons (Fsp3) is 0.625. The minimum atomic E-state index is -0.00433. The van der Waals surface area contributed by atoms with Gasteiger partial charge in [-0.25, -0.2) is 0 Å². The molecule has 0 bridgehead atoms. The molecule has 100 valence electrons. The molecule has 0 amide bonds. The maximum absolute atomic E-state index is 10.1. The summed E-state index contributed by atoms with van der Waals surface area (Å²) in [5.74, 6) is 0.433. The summed E-state index contributed by atoms with van der Waals surface area (Å²) >= 11 is 0. The van der Waals surface area contributed by atoms with Crippen molar-refractivity contribution in [3.63, 3.8) is 0 Å². The lowest BCUT2D eigenvalue weighted by Crippen LogP contribution is -2.24. The topological polar surface area (TPSA) is 32.3 Å². The van der Waals surface area contributed by atoms with Crippen LogP contribution < -0.4 is 5.32 Å². The van der Waals surface area contributed by atoms with Gasteiger partial charge in [0.15, 0.2) is 0 Å². The highest BCUT2D eigenvalue weighted by Crippen LogP contribution is 2.33. The third kappa shape index (κ3) is 2.86. The molecule has 1 saturated heterocycles. The lowest BCUT2D eigenvalue weighted by Gasteiger charge is -2.23. The van der Waals surface area contributed by atoms with Crippen molar-refractivity contribution in [3.05, 3.63) is 28.8 Å². The highest BCUT2D eigenvalue weighted by Gasteiger charge is 2.21. The van der Waals surface area contributed by atoms with E-state index in [1.807, 2.05) is 6.07 Å². The molecular formula is C16H25NO. The Morgan fingerprint density at radius 1 is 1.33 bits per heavy atom. The Balaban J connectivity index is 2.29. The van der Waals surface area contributed by atoms with Crippen LogP contribution in [0.2, 0.25) is 0 Å². The van der Waals surface area contributed by atoms with Gasteiger partial charge in [0.2, 0.25) is 0 Å². The van der Waals surface area contributed by atoms with E-state index in [9.17, 15) is 5.11 Å². The van der Waals surface area contributed by atoms with Gasteiger partial charge in [0.05, 0.1) is 0 Å². The minimum absolute atomic E-state index is 0.00433. The fourth-order valence-electron chi connectivity index (χ4n) is 2.75. The zero-order chi connectivity index (χ0) is 13.3. The maximum atomic E-state index is 10.1.